The van der Waals surface area contributed by atoms with Crippen molar-refractivity contribution in [2.45, 2.75) is 25.6 Å². The topological polar surface area (TPSA) is 12.0 Å². The second kappa shape index (κ2) is 5.00. The fourth-order valence-corrected chi connectivity index (χ4v) is 1.58. The van der Waals surface area contributed by atoms with E-state index in [1.807, 2.05) is 0 Å². The fourth-order valence-electron chi connectivity index (χ4n) is 1.58. The summed E-state index contributed by atoms with van der Waals surface area (Å²) in [5, 5.41) is 2.28. The van der Waals surface area contributed by atoms with E-state index < -0.39 is 35.8 Å². The van der Waals surface area contributed by atoms with Crippen LogP contribution in [0.25, 0.3) is 0 Å². The molecule has 0 radical (unpaired) electrons. The van der Waals surface area contributed by atoms with Gasteiger partial charge in [0.1, 0.15) is 11.6 Å². The van der Waals surface area contributed by atoms with Gasteiger partial charge < -0.3 is 5.32 Å². The summed E-state index contributed by atoms with van der Waals surface area (Å²) < 4.78 is 63.8. The predicted molar refractivity (Wildman–Crippen MR) is 53.6 cm³/mol. The van der Waals surface area contributed by atoms with E-state index in [2.05, 4.69) is 5.32 Å². The summed E-state index contributed by atoms with van der Waals surface area (Å²) in [6, 6.07) is 0.734. The van der Waals surface area contributed by atoms with Gasteiger partial charge in [-0.1, -0.05) is 6.07 Å². The van der Waals surface area contributed by atoms with Gasteiger partial charge in [-0.15, -0.1) is 0 Å². The van der Waals surface area contributed by atoms with Crippen LogP contribution in [0.2, 0.25) is 0 Å². The SMILES string of the molecule is CNC(CC(F)(F)F)c1c(F)ccc(C)c1F. The van der Waals surface area contributed by atoms with Crippen LogP contribution in [0.5, 0.6) is 0 Å². The second-order valence-corrected chi connectivity index (χ2v) is 3.75. The lowest BCUT2D eigenvalue weighted by molar-refractivity contribution is -0.140. The van der Waals surface area contributed by atoms with Gasteiger partial charge in [0.2, 0.25) is 0 Å². The van der Waals surface area contributed by atoms with Crippen LogP contribution in [-0.4, -0.2) is 13.2 Å². The molecule has 1 unspecified atom stereocenters. The highest BCUT2D eigenvalue weighted by Crippen LogP contribution is 2.32. The third-order valence-corrected chi connectivity index (χ3v) is 2.45. The second-order valence-electron chi connectivity index (χ2n) is 3.75. The largest absolute Gasteiger partial charge is 0.390 e. The van der Waals surface area contributed by atoms with Crippen LogP contribution >= 0.6 is 0 Å². The minimum Gasteiger partial charge on any atom is -0.313 e. The van der Waals surface area contributed by atoms with Crippen LogP contribution in [0.4, 0.5) is 22.0 Å². The van der Waals surface area contributed by atoms with E-state index in [0.29, 0.717) is 0 Å². The lowest BCUT2D eigenvalue weighted by atomic mass is 10.00. The molecule has 0 aliphatic carbocycles. The fraction of sp³-hybridized carbons (Fsp3) is 0.455. The summed E-state index contributed by atoms with van der Waals surface area (Å²) in [6.07, 6.45) is -5.81. The van der Waals surface area contributed by atoms with Crippen LogP contribution in [0.15, 0.2) is 12.1 Å². The lowest BCUT2D eigenvalue weighted by Gasteiger charge is -2.20. The number of aryl methyl sites for hydroxylation is 1. The summed E-state index contributed by atoms with van der Waals surface area (Å²) in [7, 11) is 1.23. The van der Waals surface area contributed by atoms with Crippen molar-refractivity contribution in [3.63, 3.8) is 0 Å². The Balaban J connectivity index is 3.16. The molecule has 96 valence electrons. The predicted octanol–water partition coefficient (Wildman–Crippen LogP) is 3.49. The highest BCUT2D eigenvalue weighted by Gasteiger charge is 2.34. The zero-order valence-corrected chi connectivity index (χ0v) is 9.33. The number of benzene rings is 1. The van der Waals surface area contributed by atoms with Crippen molar-refractivity contribution in [1.82, 2.24) is 5.32 Å². The van der Waals surface area contributed by atoms with Crippen LogP contribution in [-0.2, 0) is 0 Å². The third-order valence-electron chi connectivity index (χ3n) is 2.45. The lowest BCUT2D eigenvalue weighted by Crippen LogP contribution is -2.25. The Morgan fingerprint density at radius 2 is 1.82 bits per heavy atom. The zero-order chi connectivity index (χ0) is 13.2. The molecule has 0 saturated carbocycles. The Labute approximate surface area is 95.6 Å². The number of alkyl halides is 3. The van der Waals surface area contributed by atoms with Crippen LogP contribution in [0, 0.1) is 18.6 Å². The first-order valence-electron chi connectivity index (χ1n) is 4.94. The molecule has 1 rings (SSSR count). The summed E-state index contributed by atoms with van der Waals surface area (Å²) in [5.74, 6) is -1.91. The third kappa shape index (κ3) is 3.39. The van der Waals surface area contributed by atoms with Crippen LogP contribution in [0.1, 0.15) is 23.6 Å². The highest BCUT2D eigenvalue weighted by atomic mass is 19.4. The number of hydrogen-bond donors (Lipinski definition) is 1. The molecular formula is C11H12F5N. The van der Waals surface area contributed by atoms with Crippen molar-refractivity contribution < 1.29 is 22.0 Å². The first-order chi connectivity index (χ1) is 7.76. The first kappa shape index (κ1) is 13.9. The van der Waals surface area contributed by atoms with E-state index in [-0.39, 0.29) is 5.56 Å². The van der Waals surface area contributed by atoms with Gasteiger partial charge in [0.15, 0.2) is 0 Å². The standard InChI is InChI=1S/C11H12F5N/c1-6-3-4-7(12)9(10(6)13)8(17-2)5-11(14,15)16/h3-4,8,17H,5H2,1-2H3. The molecule has 0 aliphatic rings. The molecular weight excluding hydrogens is 241 g/mol. The van der Waals surface area contributed by atoms with Gasteiger partial charge in [-0.3, -0.25) is 0 Å². The molecule has 0 aromatic heterocycles. The van der Waals surface area contributed by atoms with Crippen molar-refractivity contribution in [2.24, 2.45) is 0 Å². The summed E-state index contributed by atoms with van der Waals surface area (Å²) in [4.78, 5) is 0. The minimum absolute atomic E-state index is 0.115. The molecule has 0 bridgehead atoms. The van der Waals surface area contributed by atoms with Gasteiger partial charge in [-0.25, -0.2) is 8.78 Å². The van der Waals surface area contributed by atoms with Gasteiger partial charge in [-0.05, 0) is 25.6 Å². The van der Waals surface area contributed by atoms with Crippen molar-refractivity contribution in [2.75, 3.05) is 7.05 Å². The summed E-state index contributed by atoms with van der Waals surface area (Å²) in [5.41, 5.74) is -0.450. The van der Waals surface area contributed by atoms with Gasteiger partial charge in [0.05, 0.1) is 6.42 Å². The number of rotatable bonds is 3. The Bertz CT molecular complexity index is 400. The molecule has 1 nitrogen and oxygen atoms in total. The molecule has 1 N–H and O–H groups in total. The van der Waals surface area contributed by atoms with E-state index >= 15 is 0 Å². The van der Waals surface area contributed by atoms with Gasteiger partial charge >= 0.3 is 6.18 Å². The molecule has 1 aromatic rings. The van der Waals surface area contributed by atoms with E-state index in [0.717, 1.165) is 6.07 Å². The quantitative estimate of drug-likeness (QED) is 0.813. The number of nitrogens with one attached hydrogen (secondary N) is 1. The van der Waals surface area contributed by atoms with Crippen LogP contribution in [0.3, 0.4) is 0 Å². The van der Waals surface area contributed by atoms with E-state index in [1.165, 1.54) is 20.0 Å². The van der Waals surface area contributed by atoms with Crippen LogP contribution < -0.4 is 5.32 Å². The van der Waals surface area contributed by atoms with Gasteiger partial charge in [-0.2, -0.15) is 13.2 Å². The molecule has 0 fully saturated rings. The smallest absolute Gasteiger partial charge is 0.313 e. The van der Waals surface area contributed by atoms with Crippen molar-refractivity contribution in [1.29, 1.82) is 0 Å². The Kier molecular flexibility index (Phi) is 4.08. The maximum absolute atomic E-state index is 13.6. The molecule has 1 aromatic carbocycles. The molecule has 6 heteroatoms. The van der Waals surface area contributed by atoms with Crippen molar-refractivity contribution >= 4 is 0 Å². The molecule has 0 heterocycles. The highest BCUT2D eigenvalue weighted by molar-refractivity contribution is 5.29. The van der Waals surface area contributed by atoms with Gasteiger partial charge in [0.25, 0.3) is 0 Å². The number of hydrogen-bond acceptors (Lipinski definition) is 1. The molecule has 0 saturated heterocycles. The van der Waals surface area contributed by atoms with Crippen molar-refractivity contribution in [3.05, 3.63) is 34.9 Å². The number of halogens is 5. The van der Waals surface area contributed by atoms with E-state index in [1.54, 1.807) is 0 Å². The maximum atomic E-state index is 13.6. The summed E-state index contributed by atoms with van der Waals surface area (Å²) >= 11 is 0. The zero-order valence-electron chi connectivity index (χ0n) is 9.33. The Morgan fingerprint density at radius 1 is 1.24 bits per heavy atom. The molecule has 1 atom stereocenters. The maximum Gasteiger partial charge on any atom is 0.390 e. The van der Waals surface area contributed by atoms with Crippen molar-refractivity contribution in [3.8, 4) is 0 Å². The molecule has 0 spiro atoms. The normalized spacial score (nSPS) is 13.8. The van der Waals surface area contributed by atoms with Gasteiger partial charge in [0, 0.05) is 11.6 Å². The van der Waals surface area contributed by atoms with E-state index in [4.69, 9.17) is 0 Å². The summed E-state index contributed by atoms with van der Waals surface area (Å²) in [6.45, 7) is 1.37. The minimum atomic E-state index is -4.49. The monoisotopic (exact) mass is 253 g/mol. The average molecular weight is 253 g/mol. The molecule has 17 heavy (non-hydrogen) atoms. The Morgan fingerprint density at radius 3 is 2.29 bits per heavy atom. The molecule has 0 aliphatic heterocycles. The van der Waals surface area contributed by atoms with E-state index in [9.17, 15) is 22.0 Å². The Hall–Kier alpha value is -1.17. The molecule has 0 amide bonds. The first-order valence-corrected chi connectivity index (χ1v) is 4.94. The average Bonchev–Trinajstić information content (AvgIpc) is 2.21.